The van der Waals surface area contributed by atoms with Gasteiger partial charge in [0.1, 0.15) is 0 Å². The fourth-order valence-corrected chi connectivity index (χ4v) is 6.99. The number of ketones is 1. The molecule has 5 rings (SSSR count). The molecule has 3 nitrogen and oxygen atoms in total. The van der Waals surface area contributed by atoms with E-state index < -0.39 is 0 Å². The van der Waals surface area contributed by atoms with E-state index in [1.54, 1.807) is 11.8 Å². The zero-order valence-electron chi connectivity index (χ0n) is 17.2. The summed E-state index contributed by atoms with van der Waals surface area (Å²) in [6, 6.07) is 2.06. The molecule has 3 heteroatoms. The molecule has 2 fully saturated rings. The van der Waals surface area contributed by atoms with Gasteiger partial charge in [0.05, 0.1) is 5.69 Å². The number of rotatable bonds is 1. The summed E-state index contributed by atoms with van der Waals surface area (Å²) in [7, 11) is 0. The first-order chi connectivity index (χ1) is 13.3. The van der Waals surface area contributed by atoms with Crippen LogP contribution in [0.2, 0.25) is 0 Å². The Morgan fingerprint density at radius 2 is 1.96 bits per heavy atom. The summed E-state index contributed by atoms with van der Waals surface area (Å²) in [5.41, 5.74) is 12.6. The van der Waals surface area contributed by atoms with Crippen molar-refractivity contribution < 1.29 is 4.79 Å². The standard InChI is InChI=1S/C25H30N2O/c1-15-10-19-21-5-4-20(16-11-17(26)14-27-13-16)24(21,2)9-7-22(19)25(3)8-6-18(28)12-23(15)25/h4-5,11-15,19,22H,6-10,26H2,1-3H3/t15?,19-,22-,24+,25+/m0/s1. The Balaban J connectivity index is 1.52. The SMILES string of the molecule is CC1C[C@H]2C3=CC=C(c4cncc(N)c4)[C@@]3(C)CC[C@@H]2[C@@]2(C)CCC(=O)C=C12. The average molecular weight is 375 g/mol. The van der Waals surface area contributed by atoms with Gasteiger partial charge in [0, 0.05) is 24.2 Å². The van der Waals surface area contributed by atoms with Gasteiger partial charge in [-0.1, -0.05) is 44.1 Å². The van der Waals surface area contributed by atoms with Gasteiger partial charge in [-0.05, 0) is 72.1 Å². The second kappa shape index (κ2) is 5.92. The van der Waals surface area contributed by atoms with Crippen LogP contribution in [0.25, 0.3) is 5.57 Å². The van der Waals surface area contributed by atoms with Gasteiger partial charge in [-0.25, -0.2) is 0 Å². The first-order valence-corrected chi connectivity index (χ1v) is 10.7. The molecule has 1 unspecified atom stereocenters. The topological polar surface area (TPSA) is 56.0 Å². The Morgan fingerprint density at radius 1 is 1.14 bits per heavy atom. The molecule has 28 heavy (non-hydrogen) atoms. The lowest BCUT2D eigenvalue weighted by molar-refractivity contribution is -0.116. The largest absolute Gasteiger partial charge is 0.397 e. The predicted octanol–water partition coefficient (Wildman–Crippen LogP) is 5.36. The number of nitrogen functional groups attached to an aromatic ring is 1. The molecular weight excluding hydrogens is 344 g/mol. The lowest BCUT2D eigenvalue weighted by atomic mass is 9.46. The smallest absolute Gasteiger partial charge is 0.155 e. The van der Waals surface area contributed by atoms with E-state index in [4.69, 9.17) is 5.73 Å². The highest BCUT2D eigenvalue weighted by atomic mass is 16.1. The molecule has 146 valence electrons. The van der Waals surface area contributed by atoms with Crippen molar-refractivity contribution in [2.75, 3.05) is 5.73 Å². The third-order valence-corrected chi connectivity index (χ3v) is 8.40. The minimum atomic E-state index is 0.0818. The molecule has 4 aliphatic rings. The van der Waals surface area contributed by atoms with E-state index in [1.165, 1.54) is 17.6 Å². The minimum Gasteiger partial charge on any atom is -0.397 e. The van der Waals surface area contributed by atoms with Gasteiger partial charge in [0.2, 0.25) is 0 Å². The summed E-state index contributed by atoms with van der Waals surface area (Å²) in [4.78, 5) is 16.4. The van der Waals surface area contributed by atoms with E-state index in [0.717, 1.165) is 30.5 Å². The second-order valence-corrected chi connectivity index (χ2v) is 9.91. The van der Waals surface area contributed by atoms with Gasteiger partial charge in [-0.2, -0.15) is 0 Å². The Hall–Kier alpha value is -2.16. The Kier molecular flexibility index (Phi) is 3.78. The lowest BCUT2D eigenvalue weighted by Crippen LogP contribution is -2.49. The molecule has 1 heterocycles. The monoisotopic (exact) mass is 374 g/mol. The Bertz CT molecular complexity index is 955. The molecule has 1 aromatic rings. The number of anilines is 1. The van der Waals surface area contributed by atoms with Crippen LogP contribution in [0.1, 0.15) is 58.4 Å². The fraction of sp³-hybridized carbons (Fsp3) is 0.520. The van der Waals surface area contributed by atoms with E-state index in [1.807, 2.05) is 12.3 Å². The summed E-state index contributed by atoms with van der Waals surface area (Å²) < 4.78 is 0. The number of nitrogens with two attached hydrogens (primary N) is 1. The third kappa shape index (κ3) is 2.34. The highest BCUT2D eigenvalue weighted by Crippen LogP contribution is 2.66. The van der Waals surface area contributed by atoms with Crippen LogP contribution in [0, 0.1) is 28.6 Å². The van der Waals surface area contributed by atoms with Crippen LogP contribution in [-0.4, -0.2) is 10.8 Å². The summed E-state index contributed by atoms with van der Waals surface area (Å²) in [5.74, 6) is 2.06. The number of nitrogens with zero attached hydrogens (tertiary/aromatic N) is 1. The van der Waals surface area contributed by atoms with Crippen molar-refractivity contribution in [3.63, 3.8) is 0 Å². The summed E-state index contributed by atoms with van der Waals surface area (Å²) in [6.07, 6.45) is 15.7. The quantitative estimate of drug-likeness (QED) is 0.720. The van der Waals surface area contributed by atoms with Crippen molar-refractivity contribution in [3.8, 4) is 0 Å². The number of carbonyl (C=O) groups excluding carboxylic acids is 1. The van der Waals surface area contributed by atoms with Gasteiger partial charge in [-0.15, -0.1) is 0 Å². The van der Waals surface area contributed by atoms with Crippen molar-refractivity contribution in [2.45, 2.75) is 52.9 Å². The van der Waals surface area contributed by atoms with E-state index in [2.05, 4.69) is 44.0 Å². The number of carbonyl (C=O) groups is 1. The normalized spacial score (nSPS) is 39.3. The minimum absolute atomic E-state index is 0.0818. The highest BCUT2D eigenvalue weighted by molar-refractivity contribution is 5.91. The zero-order chi connectivity index (χ0) is 19.7. The van der Waals surface area contributed by atoms with E-state index in [9.17, 15) is 4.79 Å². The van der Waals surface area contributed by atoms with Crippen LogP contribution in [0.3, 0.4) is 0 Å². The third-order valence-electron chi connectivity index (χ3n) is 8.40. The second-order valence-electron chi connectivity index (χ2n) is 9.91. The van der Waals surface area contributed by atoms with Crippen molar-refractivity contribution in [1.29, 1.82) is 0 Å². The number of pyridine rings is 1. The number of fused-ring (bicyclic) bond motifs is 5. The van der Waals surface area contributed by atoms with Crippen LogP contribution in [0.5, 0.6) is 0 Å². The van der Waals surface area contributed by atoms with Crippen LogP contribution in [0.15, 0.2) is 47.8 Å². The van der Waals surface area contributed by atoms with Crippen molar-refractivity contribution in [1.82, 2.24) is 4.98 Å². The van der Waals surface area contributed by atoms with Crippen molar-refractivity contribution >= 4 is 17.0 Å². The molecule has 0 spiro atoms. The van der Waals surface area contributed by atoms with Gasteiger partial charge in [0.15, 0.2) is 5.78 Å². The molecule has 0 aromatic carbocycles. The summed E-state index contributed by atoms with van der Waals surface area (Å²) >= 11 is 0. The van der Waals surface area contributed by atoms with E-state index in [0.29, 0.717) is 30.0 Å². The maximum Gasteiger partial charge on any atom is 0.155 e. The molecule has 0 radical (unpaired) electrons. The lowest BCUT2D eigenvalue weighted by Gasteiger charge is -2.57. The summed E-state index contributed by atoms with van der Waals surface area (Å²) in [5, 5.41) is 0. The molecule has 5 atom stereocenters. The molecule has 1 aromatic heterocycles. The maximum atomic E-state index is 12.1. The van der Waals surface area contributed by atoms with Gasteiger partial charge >= 0.3 is 0 Å². The summed E-state index contributed by atoms with van der Waals surface area (Å²) in [6.45, 7) is 7.18. The first kappa shape index (κ1) is 17.9. The van der Waals surface area contributed by atoms with Crippen LogP contribution < -0.4 is 5.73 Å². The van der Waals surface area contributed by atoms with Crippen molar-refractivity contribution in [2.24, 2.45) is 28.6 Å². The average Bonchev–Trinajstić information content (AvgIpc) is 3.01. The van der Waals surface area contributed by atoms with Crippen LogP contribution >= 0.6 is 0 Å². The molecule has 0 saturated heterocycles. The number of hydrogen-bond acceptors (Lipinski definition) is 3. The molecule has 0 aliphatic heterocycles. The number of hydrogen-bond donors (Lipinski definition) is 1. The number of allylic oxidation sites excluding steroid dienone is 6. The predicted molar refractivity (Wildman–Crippen MR) is 113 cm³/mol. The molecular formula is C25H30N2O. The maximum absolute atomic E-state index is 12.1. The van der Waals surface area contributed by atoms with Crippen LogP contribution in [-0.2, 0) is 4.79 Å². The highest BCUT2D eigenvalue weighted by Gasteiger charge is 2.56. The van der Waals surface area contributed by atoms with Crippen molar-refractivity contribution in [3.05, 3.63) is 53.4 Å². The molecule has 0 bridgehead atoms. The van der Waals surface area contributed by atoms with E-state index >= 15 is 0 Å². The Morgan fingerprint density at radius 3 is 2.75 bits per heavy atom. The molecule has 2 N–H and O–H groups in total. The molecule has 2 saturated carbocycles. The fourth-order valence-electron chi connectivity index (χ4n) is 6.99. The van der Waals surface area contributed by atoms with Gasteiger partial charge < -0.3 is 5.73 Å². The van der Waals surface area contributed by atoms with Gasteiger partial charge in [-0.3, -0.25) is 9.78 Å². The first-order valence-electron chi connectivity index (χ1n) is 10.7. The molecule has 0 amide bonds. The van der Waals surface area contributed by atoms with Gasteiger partial charge in [0.25, 0.3) is 0 Å². The van der Waals surface area contributed by atoms with Crippen LogP contribution in [0.4, 0.5) is 5.69 Å². The number of aromatic nitrogens is 1. The Labute approximate surface area is 167 Å². The zero-order valence-corrected chi connectivity index (χ0v) is 17.2. The molecule has 4 aliphatic carbocycles. The van der Waals surface area contributed by atoms with E-state index in [-0.39, 0.29) is 10.8 Å².